The van der Waals surface area contributed by atoms with Crippen molar-refractivity contribution in [2.24, 2.45) is 0 Å². The summed E-state index contributed by atoms with van der Waals surface area (Å²) in [5.74, 6) is -0.513. The van der Waals surface area contributed by atoms with E-state index in [4.69, 9.17) is 4.74 Å². The minimum Gasteiger partial charge on any atom is -0.368 e. The minimum absolute atomic E-state index is 0.0532. The van der Waals surface area contributed by atoms with Crippen molar-refractivity contribution in [1.82, 2.24) is 9.21 Å². The number of hydrogen-bond acceptors (Lipinski definition) is 4. The normalized spacial score (nSPS) is 22.8. The summed E-state index contributed by atoms with van der Waals surface area (Å²) in [4.78, 5) is 14.1. The van der Waals surface area contributed by atoms with Crippen molar-refractivity contribution in [1.29, 1.82) is 0 Å². The Hall–Kier alpha value is -1.51. The summed E-state index contributed by atoms with van der Waals surface area (Å²) in [5.41, 5.74) is 0.382. The summed E-state index contributed by atoms with van der Waals surface area (Å²) in [7, 11) is -3.68. The topological polar surface area (TPSA) is 66.9 Å². The molecule has 0 radical (unpaired) electrons. The number of sulfonamides is 1. The van der Waals surface area contributed by atoms with Crippen LogP contribution in [0.1, 0.15) is 18.4 Å². The molecule has 1 aromatic rings. The third-order valence-electron chi connectivity index (χ3n) is 4.51. The average molecular weight is 356 g/mol. The molecule has 0 saturated carbocycles. The van der Waals surface area contributed by atoms with Crippen LogP contribution < -0.4 is 0 Å². The van der Waals surface area contributed by atoms with Crippen LogP contribution in [0.25, 0.3) is 0 Å². The van der Waals surface area contributed by atoms with Crippen molar-refractivity contribution < 1.29 is 22.3 Å². The van der Waals surface area contributed by atoms with Crippen LogP contribution in [-0.4, -0.2) is 62.4 Å². The second kappa shape index (κ2) is 6.78. The van der Waals surface area contributed by atoms with E-state index in [0.717, 1.165) is 18.9 Å². The van der Waals surface area contributed by atoms with Crippen LogP contribution in [0.5, 0.6) is 0 Å². The number of benzene rings is 1. The van der Waals surface area contributed by atoms with Crippen LogP contribution in [0.3, 0.4) is 0 Å². The monoisotopic (exact) mass is 356 g/mol. The van der Waals surface area contributed by atoms with Crippen LogP contribution in [0, 0.1) is 12.7 Å². The number of amides is 1. The van der Waals surface area contributed by atoms with E-state index in [2.05, 4.69) is 0 Å². The number of carbonyl (C=O) groups is 1. The van der Waals surface area contributed by atoms with Crippen LogP contribution in [-0.2, 0) is 19.6 Å². The average Bonchev–Trinajstić information content (AvgIpc) is 3.08. The quantitative estimate of drug-likeness (QED) is 0.815. The van der Waals surface area contributed by atoms with Gasteiger partial charge in [0.15, 0.2) is 0 Å². The predicted molar refractivity (Wildman–Crippen MR) is 85.4 cm³/mol. The second-order valence-corrected chi connectivity index (χ2v) is 8.05. The van der Waals surface area contributed by atoms with E-state index in [1.54, 1.807) is 11.8 Å². The third kappa shape index (κ3) is 3.31. The van der Waals surface area contributed by atoms with Gasteiger partial charge in [-0.25, -0.2) is 12.8 Å². The molecule has 0 bridgehead atoms. The second-order valence-electron chi connectivity index (χ2n) is 6.14. The molecule has 24 heavy (non-hydrogen) atoms. The first-order valence-corrected chi connectivity index (χ1v) is 9.50. The molecule has 132 valence electrons. The molecule has 2 heterocycles. The van der Waals surface area contributed by atoms with Gasteiger partial charge in [0.2, 0.25) is 10.0 Å². The lowest BCUT2D eigenvalue weighted by atomic mass is 10.2. The molecular weight excluding hydrogens is 335 g/mol. The van der Waals surface area contributed by atoms with Crippen molar-refractivity contribution >= 4 is 15.9 Å². The lowest BCUT2D eigenvalue weighted by molar-refractivity contribution is -0.142. The molecular formula is C16H21FN2O4S. The van der Waals surface area contributed by atoms with Crippen LogP contribution >= 0.6 is 0 Å². The standard InChI is InChI=1S/C16H21FN2O4S/c1-12-11-13(17)4-5-15(12)24(21,22)19-8-6-18(7-9-19)16(20)14-3-2-10-23-14/h4-5,11,14H,2-3,6-10H2,1H3/t14-/m0/s1. The number of ether oxygens (including phenoxy) is 1. The Balaban J connectivity index is 1.68. The summed E-state index contributed by atoms with van der Waals surface area (Å²) in [5, 5.41) is 0. The Morgan fingerprint density at radius 2 is 1.96 bits per heavy atom. The summed E-state index contributed by atoms with van der Waals surface area (Å²) < 4.78 is 45.4. The molecule has 2 saturated heterocycles. The van der Waals surface area contributed by atoms with Gasteiger partial charge in [-0.3, -0.25) is 4.79 Å². The SMILES string of the molecule is Cc1cc(F)ccc1S(=O)(=O)N1CCN(C(=O)[C@@H]2CCCO2)CC1. The first-order valence-electron chi connectivity index (χ1n) is 8.06. The van der Waals surface area contributed by atoms with E-state index in [0.29, 0.717) is 25.3 Å². The predicted octanol–water partition coefficient (Wildman–Crippen LogP) is 1.15. The maximum atomic E-state index is 13.2. The summed E-state index contributed by atoms with van der Waals surface area (Å²) in [6.45, 7) is 3.34. The van der Waals surface area contributed by atoms with Crippen molar-refractivity contribution in [3.05, 3.63) is 29.6 Å². The van der Waals surface area contributed by atoms with Gasteiger partial charge in [-0.05, 0) is 43.5 Å². The third-order valence-corrected chi connectivity index (χ3v) is 6.57. The van der Waals surface area contributed by atoms with Crippen molar-refractivity contribution in [2.75, 3.05) is 32.8 Å². The number of aryl methyl sites for hydroxylation is 1. The Kier molecular flexibility index (Phi) is 4.89. The van der Waals surface area contributed by atoms with Gasteiger partial charge in [0.25, 0.3) is 5.91 Å². The van der Waals surface area contributed by atoms with Crippen LogP contribution in [0.15, 0.2) is 23.1 Å². The first-order chi connectivity index (χ1) is 11.4. The van der Waals surface area contributed by atoms with Crippen molar-refractivity contribution in [2.45, 2.75) is 30.8 Å². The molecule has 6 nitrogen and oxygen atoms in total. The minimum atomic E-state index is -3.68. The smallest absolute Gasteiger partial charge is 0.251 e. The molecule has 0 unspecified atom stereocenters. The zero-order valence-electron chi connectivity index (χ0n) is 13.6. The Morgan fingerprint density at radius 1 is 1.25 bits per heavy atom. The van der Waals surface area contributed by atoms with Gasteiger partial charge in [0.05, 0.1) is 4.90 Å². The number of halogens is 1. The summed E-state index contributed by atoms with van der Waals surface area (Å²) >= 11 is 0. The Bertz CT molecular complexity index is 724. The summed E-state index contributed by atoms with van der Waals surface area (Å²) in [6.07, 6.45) is 1.23. The fraction of sp³-hybridized carbons (Fsp3) is 0.562. The highest BCUT2D eigenvalue weighted by molar-refractivity contribution is 7.89. The van der Waals surface area contributed by atoms with E-state index in [1.165, 1.54) is 16.4 Å². The number of carbonyl (C=O) groups excluding carboxylic acids is 1. The van der Waals surface area contributed by atoms with E-state index in [9.17, 15) is 17.6 Å². The van der Waals surface area contributed by atoms with Gasteiger partial charge in [-0.15, -0.1) is 0 Å². The van der Waals surface area contributed by atoms with Gasteiger partial charge in [-0.1, -0.05) is 0 Å². The van der Waals surface area contributed by atoms with Gasteiger partial charge >= 0.3 is 0 Å². The zero-order valence-corrected chi connectivity index (χ0v) is 14.4. The molecule has 2 aliphatic heterocycles. The maximum absolute atomic E-state index is 13.2. The Morgan fingerprint density at radius 3 is 2.54 bits per heavy atom. The fourth-order valence-corrected chi connectivity index (χ4v) is 4.79. The molecule has 0 N–H and O–H groups in total. The summed E-state index contributed by atoms with van der Waals surface area (Å²) in [6, 6.07) is 3.66. The fourth-order valence-electron chi connectivity index (χ4n) is 3.17. The molecule has 2 fully saturated rings. The van der Waals surface area contributed by atoms with E-state index in [-0.39, 0.29) is 30.0 Å². The van der Waals surface area contributed by atoms with E-state index >= 15 is 0 Å². The molecule has 1 aromatic carbocycles. The number of nitrogens with zero attached hydrogens (tertiary/aromatic N) is 2. The van der Waals surface area contributed by atoms with E-state index in [1.807, 2.05) is 0 Å². The van der Waals surface area contributed by atoms with Crippen molar-refractivity contribution in [3.63, 3.8) is 0 Å². The molecule has 1 amide bonds. The Labute approximate surface area is 141 Å². The highest BCUT2D eigenvalue weighted by Gasteiger charge is 2.34. The van der Waals surface area contributed by atoms with E-state index < -0.39 is 15.8 Å². The lowest BCUT2D eigenvalue weighted by Crippen LogP contribution is -2.52. The lowest BCUT2D eigenvalue weighted by Gasteiger charge is -2.35. The molecule has 0 aliphatic carbocycles. The molecule has 0 spiro atoms. The van der Waals surface area contributed by atoms with Gasteiger partial charge in [-0.2, -0.15) is 4.31 Å². The highest BCUT2D eigenvalue weighted by atomic mass is 32.2. The number of piperazine rings is 1. The van der Waals surface area contributed by atoms with Crippen LogP contribution in [0.4, 0.5) is 4.39 Å². The number of hydrogen-bond donors (Lipinski definition) is 0. The van der Waals surface area contributed by atoms with Gasteiger partial charge in [0, 0.05) is 32.8 Å². The van der Waals surface area contributed by atoms with Crippen molar-refractivity contribution in [3.8, 4) is 0 Å². The highest BCUT2D eigenvalue weighted by Crippen LogP contribution is 2.23. The largest absolute Gasteiger partial charge is 0.368 e. The molecule has 0 aromatic heterocycles. The molecule has 1 atom stereocenters. The molecule has 3 rings (SSSR count). The molecule has 8 heteroatoms. The van der Waals surface area contributed by atoms with Gasteiger partial charge in [0.1, 0.15) is 11.9 Å². The maximum Gasteiger partial charge on any atom is 0.251 e. The van der Waals surface area contributed by atoms with Gasteiger partial charge < -0.3 is 9.64 Å². The molecule has 2 aliphatic rings. The number of rotatable bonds is 3. The van der Waals surface area contributed by atoms with Crippen LogP contribution in [0.2, 0.25) is 0 Å². The zero-order chi connectivity index (χ0) is 17.3. The first kappa shape index (κ1) is 17.3.